The van der Waals surface area contributed by atoms with Gasteiger partial charge in [-0.05, 0) is 19.4 Å². The number of amides is 1. The molecule has 0 atom stereocenters. The van der Waals surface area contributed by atoms with Crippen LogP contribution >= 0.6 is 11.6 Å². The quantitative estimate of drug-likeness (QED) is 0.733. The first-order valence-electron chi connectivity index (χ1n) is 8.70. The molecule has 150 valence electrons. The van der Waals surface area contributed by atoms with Gasteiger partial charge in [0.1, 0.15) is 5.82 Å². The Bertz CT molecular complexity index is 873. The standard InChI is InChI=1S/C17H20ClN5O2.CH2O2/c1-12-20-13(9-16(24)21-12)11-22-5-2-6-23(8-7-22)17(25)14-3-4-19-10-15(14)18;2-1-3/h3-4,9-10H,2,5-8,11H2,1H3,(H,20,21,24);1H,(H,2,3). The summed E-state index contributed by atoms with van der Waals surface area (Å²) in [5.41, 5.74) is 1.09. The Hall–Kier alpha value is -2.78. The zero-order valence-corrected chi connectivity index (χ0v) is 16.2. The number of carboxylic acid groups (broad SMARTS) is 1. The first-order valence-corrected chi connectivity index (χ1v) is 9.08. The molecule has 0 spiro atoms. The van der Waals surface area contributed by atoms with E-state index in [4.69, 9.17) is 21.5 Å². The lowest BCUT2D eigenvalue weighted by atomic mass is 10.2. The van der Waals surface area contributed by atoms with E-state index >= 15 is 0 Å². The fourth-order valence-corrected chi connectivity index (χ4v) is 3.20. The molecule has 9 nitrogen and oxygen atoms in total. The summed E-state index contributed by atoms with van der Waals surface area (Å²) < 4.78 is 0. The summed E-state index contributed by atoms with van der Waals surface area (Å²) >= 11 is 6.08. The van der Waals surface area contributed by atoms with E-state index in [-0.39, 0.29) is 17.9 Å². The Morgan fingerprint density at radius 2 is 2.11 bits per heavy atom. The molecule has 1 saturated heterocycles. The number of halogens is 1. The van der Waals surface area contributed by atoms with E-state index in [9.17, 15) is 9.59 Å². The second-order valence-corrected chi connectivity index (χ2v) is 6.61. The summed E-state index contributed by atoms with van der Waals surface area (Å²) in [6, 6.07) is 3.17. The van der Waals surface area contributed by atoms with Crippen LogP contribution in [0.3, 0.4) is 0 Å². The first-order chi connectivity index (χ1) is 13.4. The number of aromatic amines is 1. The van der Waals surface area contributed by atoms with Gasteiger partial charge in [-0.25, -0.2) is 4.98 Å². The smallest absolute Gasteiger partial charge is 0.290 e. The number of rotatable bonds is 3. The van der Waals surface area contributed by atoms with Crippen LogP contribution in [0.4, 0.5) is 0 Å². The van der Waals surface area contributed by atoms with Crippen molar-refractivity contribution in [1.82, 2.24) is 24.8 Å². The number of carbonyl (C=O) groups excluding carboxylic acids is 1. The van der Waals surface area contributed by atoms with Crippen molar-refractivity contribution >= 4 is 24.0 Å². The lowest BCUT2D eigenvalue weighted by molar-refractivity contribution is -0.122. The molecule has 1 fully saturated rings. The fraction of sp³-hybridized carbons (Fsp3) is 0.389. The third-order valence-corrected chi connectivity index (χ3v) is 4.48. The van der Waals surface area contributed by atoms with E-state index in [1.807, 2.05) is 4.90 Å². The Balaban J connectivity index is 0.000000878. The molecule has 0 aromatic carbocycles. The molecule has 2 aromatic heterocycles. The number of aryl methyl sites for hydroxylation is 1. The molecule has 2 N–H and O–H groups in total. The van der Waals surface area contributed by atoms with Gasteiger partial charge in [0.05, 0.1) is 16.3 Å². The summed E-state index contributed by atoms with van der Waals surface area (Å²) in [4.78, 5) is 47.6. The van der Waals surface area contributed by atoms with Crippen LogP contribution in [0.25, 0.3) is 0 Å². The number of H-pyrrole nitrogens is 1. The third-order valence-electron chi connectivity index (χ3n) is 4.18. The van der Waals surface area contributed by atoms with Gasteiger partial charge in [0, 0.05) is 51.2 Å². The van der Waals surface area contributed by atoms with Crippen molar-refractivity contribution < 1.29 is 14.7 Å². The van der Waals surface area contributed by atoms with E-state index in [2.05, 4.69) is 19.9 Å². The predicted octanol–water partition coefficient (Wildman–Crippen LogP) is 1.18. The highest BCUT2D eigenvalue weighted by Gasteiger charge is 2.22. The van der Waals surface area contributed by atoms with Crippen LogP contribution < -0.4 is 5.56 Å². The molecule has 28 heavy (non-hydrogen) atoms. The maximum absolute atomic E-state index is 12.7. The molecule has 2 aromatic rings. The Kier molecular flexibility index (Phi) is 8.09. The van der Waals surface area contributed by atoms with Crippen molar-refractivity contribution in [3.8, 4) is 0 Å². The van der Waals surface area contributed by atoms with Crippen molar-refractivity contribution in [2.24, 2.45) is 0 Å². The number of carbonyl (C=O) groups is 2. The second kappa shape index (κ2) is 10.5. The number of nitrogens with zero attached hydrogens (tertiary/aromatic N) is 4. The SMILES string of the molecule is Cc1nc(CN2CCCN(C(=O)c3ccncc3Cl)CC2)cc(=O)[nH]1.O=CO. The van der Waals surface area contributed by atoms with Gasteiger partial charge in [-0.2, -0.15) is 0 Å². The topological polar surface area (TPSA) is 119 Å². The van der Waals surface area contributed by atoms with Gasteiger partial charge in [-0.3, -0.25) is 24.3 Å². The lowest BCUT2D eigenvalue weighted by Crippen LogP contribution is -2.35. The highest BCUT2D eigenvalue weighted by Crippen LogP contribution is 2.17. The number of hydrogen-bond acceptors (Lipinski definition) is 6. The van der Waals surface area contributed by atoms with Gasteiger partial charge in [0.25, 0.3) is 17.9 Å². The molecule has 0 aliphatic carbocycles. The third kappa shape index (κ3) is 6.14. The monoisotopic (exact) mass is 407 g/mol. The molecular weight excluding hydrogens is 386 g/mol. The van der Waals surface area contributed by atoms with Crippen LogP contribution in [0.5, 0.6) is 0 Å². The van der Waals surface area contributed by atoms with Crippen LogP contribution in [0.1, 0.15) is 28.3 Å². The van der Waals surface area contributed by atoms with E-state index < -0.39 is 0 Å². The molecule has 1 amide bonds. The highest BCUT2D eigenvalue weighted by molar-refractivity contribution is 6.33. The minimum Gasteiger partial charge on any atom is -0.483 e. The van der Waals surface area contributed by atoms with Gasteiger partial charge in [-0.15, -0.1) is 0 Å². The van der Waals surface area contributed by atoms with Crippen LogP contribution in [0, 0.1) is 6.92 Å². The van der Waals surface area contributed by atoms with E-state index in [0.717, 1.165) is 25.2 Å². The van der Waals surface area contributed by atoms with Crippen molar-refractivity contribution in [1.29, 1.82) is 0 Å². The van der Waals surface area contributed by atoms with Gasteiger partial charge in [-0.1, -0.05) is 11.6 Å². The molecule has 3 heterocycles. The van der Waals surface area contributed by atoms with Crippen molar-refractivity contribution in [3.63, 3.8) is 0 Å². The van der Waals surface area contributed by atoms with E-state index in [1.54, 1.807) is 19.2 Å². The minimum atomic E-state index is -0.250. The van der Waals surface area contributed by atoms with Gasteiger partial charge in [0.15, 0.2) is 0 Å². The Morgan fingerprint density at radius 3 is 2.79 bits per heavy atom. The van der Waals surface area contributed by atoms with Crippen LogP contribution in [0.15, 0.2) is 29.3 Å². The maximum Gasteiger partial charge on any atom is 0.290 e. The van der Waals surface area contributed by atoms with Crippen LogP contribution in [0.2, 0.25) is 5.02 Å². The average Bonchev–Trinajstić information content (AvgIpc) is 2.87. The molecule has 1 aliphatic rings. The van der Waals surface area contributed by atoms with Crippen LogP contribution in [-0.2, 0) is 11.3 Å². The zero-order valence-electron chi connectivity index (χ0n) is 15.5. The highest BCUT2D eigenvalue weighted by atomic mass is 35.5. The lowest BCUT2D eigenvalue weighted by Gasteiger charge is -2.22. The molecule has 0 saturated carbocycles. The molecule has 1 aliphatic heterocycles. The summed E-state index contributed by atoms with van der Waals surface area (Å²) in [5.74, 6) is 0.542. The van der Waals surface area contributed by atoms with Gasteiger partial charge in [0.2, 0.25) is 0 Å². The van der Waals surface area contributed by atoms with Crippen molar-refractivity contribution in [2.75, 3.05) is 26.2 Å². The number of nitrogens with one attached hydrogen (secondary N) is 1. The van der Waals surface area contributed by atoms with Crippen LogP contribution in [-0.4, -0.2) is 68.4 Å². The predicted molar refractivity (Wildman–Crippen MR) is 103 cm³/mol. The van der Waals surface area contributed by atoms with Crippen molar-refractivity contribution in [2.45, 2.75) is 19.9 Å². The van der Waals surface area contributed by atoms with E-state index in [0.29, 0.717) is 36.0 Å². The number of hydrogen-bond donors (Lipinski definition) is 2. The minimum absolute atomic E-state index is 0.0700. The Morgan fingerprint density at radius 1 is 1.36 bits per heavy atom. The van der Waals surface area contributed by atoms with Gasteiger partial charge >= 0.3 is 0 Å². The summed E-state index contributed by atoms with van der Waals surface area (Å²) in [7, 11) is 0. The Labute approximate surface area is 167 Å². The molecule has 0 radical (unpaired) electrons. The van der Waals surface area contributed by atoms with Crippen molar-refractivity contribution in [3.05, 3.63) is 57.0 Å². The maximum atomic E-state index is 12.7. The van der Waals surface area contributed by atoms with E-state index in [1.165, 1.54) is 12.3 Å². The summed E-state index contributed by atoms with van der Waals surface area (Å²) in [6.45, 7) is 4.98. The molecule has 0 unspecified atom stereocenters. The molecule has 10 heteroatoms. The normalized spacial score (nSPS) is 14.6. The first kappa shape index (κ1) is 21.5. The number of aromatic nitrogens is 3. The molecule has 0 bridgehead atoms. The fourth-order valence-electron chi connectivity index (χ4n) is 3.00. The average molecular weight is 408 g/mol. The summed E-state index contributed by atoms with van der Waals surface area (Å²) in [6.07, 6.45) is 3.92. The number of pyridine rings is 1. The summed E-state index contributed by atoms with van der Waals surface area (Å²) in [5, 5.41) is 7.26. The zero-order chi connectivity index (χ0) is 20.5. The van der Waals surface area contributed by atoms with Gasteiger partial charge < -0.3 is 15.0 Å². The molecular formula is C18H22ClN5O4. The molecule has 3 rings (SSSR count). The second-order valence-electron chi connectivity index (χ2n) is 6.20. The largest absolute Gasteiger partial charge is 0.483 e.